The van der Waals surface area contributed by atoms with Crippen molar-refractivity contribution in [3.8, 4) is 0 Å². The highest BCUT2D eigenvalue weighted by molar-refractivity contribution is 5.23. The lowest BCUT2D eigenvalue weighted by Gasteiger charge is -2.27. The number of halogens is 2. The molecule has 0 bridgehead atoms. The number of rotatable bonds is 5. The molecule has 2 rings (SSSR count). The summed E-state index contributed by atoms with van der Waals surface area (Å²) in [6.07, 6.45) is 7.03. The molecule has 1 unspecified atom stereocenters. The van der Waals surface area contributed by atoms with E-state index in [2.05, 4.69) is 5.32 Å². The maximum atomic E-state index is 13.9. The van der Waals surface area contributed by atoms with Crippen LogP contribution in [0.3, 0.4) is 0 Å². The molecule has 0 amide bonds. The van der Waals surface area contributed by atoms with Crippen LogP contribution >= 0.6 is 0 Å². The molecule has 19 heavy (non-hydrogen) atoms. The third-order valence-electron chi connectivity index (χ3n) is 4.09. The van der Waals surface area contributed by atoms with E-state index in [4.69, 9.17) is 0 Å². The summed E-state index contributed by atoms with van der Waals surface area (Å²) in [6, 6.07) is 3.93. The maximum Gasteiger partial charge on any atom is 0.130 e. The van der Waals surface area contributed by atoms with Crippen LogP contribution in [0.15, 0.2) is 18.2 Å². The monoisotopic (exact) mass is 267 g/mol. The van der Waals surface area contributed by atoms with E-state index in [1.165, 1.54) is 50.3 Å². The van der Waals surface area contributed by atoms with Crippen molar-refractivity contribution in [2.24, 2.45) is 5.92 Å². The Morgan fingerprint density at radius 3 is 2.37 bits per heavy atom. The van der Waals surface area contributed by atoms with E-state index in [1.807, 2.05) is 6.92 Å². The van der Waals surface area contributed by atoms with Crippen LogP contribution in [-0.4, -0.2) is 6.54 Å². The minimum Gasteiger partial charge on any atom is -0.310 e. The van der Waals surface area contributed by atoms with Crippen molar-refractivity contribution >= 4 is 0 Å². The Balaban J connectivity index is 2.14. The molecule has 1 aliphatic carbocycles. The molecule has 1 saturated carbocycles. The molecule has 1 aromatic carbocycles. The van der Waals surface area contributed by atoms with Crippen LogP contribution in [0.5, 0.6) is 0 Å². The first kappa shape index (κ1) is 14.4. The van der Waals surface area contributed by atoms with Gasteiger partial charge in [0.2, 0.25) is 0 Å². The Kier molecular flexibility index (Phi) is 5.32. The van der Waals surface area contributed by atoms with Crippen LogP contribution in [0.25, 0.3) is 0 Å². The molecule has 106 valence electrons. The lowest BCUT2D eigenvalue weighted by atomic mass is 9.83. The summed E-state index contributed by atoms with van der Waals surface area (Å²) in [5.41, 5.74) is 0.218. The van der Waals surface area contributed by atoms with Crippen molar-refractivity contribution in [2.75, 3.05) is 6.54 Å². The van der Waals surface area contributed by atoms with Crippen molar-refractivity contribution in [3.63, 3.8) is 0 Å². The second-order valence-corrected chi connectivity index (χ2v) is 5.49. The molecule has 0 radical (unpaired) electrons. The van der Waals surface area contributed by atoms with Crippen molar-refractivity contribution in [1.82, 2.24) is 5.32 Å². The molecule has 0 aromatic heterocycles. The topological polar surface area (TPSA) is 12.0 Å². The summed E-state index contributed by atoms with van der Waals surface area (Å²) in [4.78, 5) is 0. The molecule has 1 aromatic rings. The van der Waals surface area contributed by atoms with Gasteiger partial charge in [0.25, 0.3) is 0 Å². The minimum absolute atomic E-state index is 0.200. The molecular weight excluding hydrogens is 244 g/mol. The minimum atomic E-state index is -0.429. The van der Waals surface area contributed by atoms with Gasteiger partial charge in [0.15, 0.2) is 0 Å². The molecule has 1 aliphatic rings. The van der Waals surface area contributed by atoms with Gasteiger partial charge in [-0.1, -0.05) is 45.1 Å². The van der Waals surface area contributed by atoms with Gasteiger partial charge in [-0.3, -0.25) is 0 Å². The average Bonchev–Trinajstić information content (AvgIpc) is 2.40. The number of benzene rings is 1. The third kappa shape index (κ3) is 3.75. The van der Waals surface area contributed by atoms with Crippen molar-refractivity contribution in [1.29, 1.82) is 0 Å². The fraction of sp³-hybridized carbons (Fsp3) is 0.625. The van der Waals surface area contributed by atoms with E-state index < -0.39 is 11.6 Å². The van der Waals surface area contributed by atoms with Gasteiger partial charge in [0.1, 0.15) is 11.6 Å². The van der Waals surface area contributed by atoms with E-state index in [-0.39, 0.29) is 11.6 Å². The average molecular weight is 267 g/mol. The first-order chi connectivity index (χ1) is 9.22. The van der Waals surface area contributed by atoms with Crippen molar-refractivity contribution in [3.05, 3.63) is 35.4 Å². The molecule has 1 nitrogen and oxygen atoms in total. The van der Waals surface area contributed by atoms with Crippen molar-refractivity contribution < 1.29 is 8.78 Å². The van der Waals surface area contributed by atoms with E-state index in [0.717, 1.165) is 13.0 Å². The van der Waals surface area contributed by atoms with Crippen LogP contribution < -0.4 is 5.32 Å². The van der Waals surface area contributed by atoms with Crippen LogP contribution in [0.1, 0.15) is 57.1 Å². The van der Waals surface area contributed by atoms with Gasteiger partial charge in [-0.15, -0.1) is 0 Å². The number of hydrogen-bond acceptors (Lipinski definition) is 1. The zero-order valence-electron chi connectivity index (χ0n) is 11.6. The van der Waals surface area contributed by atoms with Gasteiger partial charge in [-0.25, -0.2) is 8.78 Å². The van der Waals surface area contributed by atoms with Gasteiger partial charge >= 0.3 is 0 Å². The predicted molar refractivity (Wildman–Crippen MR) is 74.0 cm³/mol. The van der Waals surface area contributed by atoms with Crippen molar-refractivity contribution in [2.45, 2.75) is 51.5 Å². The number of nitrogens with one attached hydrogen (secondary N) is 1. The molecule has 1 N–H and O–H groups in total. The first-order valence-corrected chi connectivity index (χ1v) is 7.39. The smallest absolute Gasteiger partial charge is 0.130 e. The summed E-state index contributed by atoms with van der Waals surface area (Å²) in [7, 11) is 0. The Morgan fingerprint density at radius 2 is 1.79 bits per heavy atom. The highest BCUT2D eigenvalue weighted by Gasteiger charge is 2.24. The third-order valence-corrected chi connectivity index (χ3v) is 4.09. The predicted octanol–water partition coefficient (Wildman–Crippen LogP) is 4.59. The zero-order chi connectivity index (χ0) is 13.7. The summed E-state index contributed by atoms with van der Waals surface area (Å²) in [6.45, 7) is 2.71. The maximum absolute atomic E-state index is 13.9. The Bertz CT molecular complexity index is 379. The summed E-state index contributed by atoms with van der Waals surface area (Å²) >= 11 is 0. The van der Waals surface area contributed by atoms with Crippen LogP contribution in [0.4, 0.5) is 8.78 Å². The van der Waals surface area contributed by atoms with E-state index in [1.54, 1.807) is 0 Å². The summed E-state index contributed by atoms with van der Waals surface area (Å²) in [5.74, 6) is -0.264. The van der Waals surface area contributed by atoms with Crippen LogP contribution in [0, 0.1) is 17.6 Å². The normalized spacial score (nSPS) is 18.5. The highest BCUT2D eigenvalue weighted by atomic mass is 19.1. The molecule has 0 saturated heterocycles. The molecular formula is C16H23F2N. The fourth-order valence-corrected chi connectivity index (χ4v) is 3.15. The molecule has 0 aliphatic heterocycles. The fourth-order valence-electron chi connectivity index (χ4n) is 3.15. The van der Waals surface area contributed by atoms with Gasteiger partial charge in [-0.05, 0) is 31.0 Å². The molecule has 1 atom stereocenters. The molecule has 0 heterocycles. The van der Waals surface area contributed by atoms with Gasteiger partial charge < -0.3 is 5.32 Å². The summed E-state index contributed by atoms with van der Waals surface area (Å²) in [5, 5.41) is 3.25. The second-order valence-electron chi connectivity index (χ2n) is 5.49. The van der Waals surface area contributed by atoms with E-state index in [9.17, 15) is 8.78 Å². The number of hydrogen-bond donors (Lipinski definition) is 1. The van der Waals surface area contributed by atoms with Gasteiger partial charge in [-0.2, -0.15) is 0 Å². The molecule has 3 heteroatoms. The quantitative estimate of drug-likeness (QED) is 0.823. The van der Waals surface area contributed by atoms with Gasteiger partial charge in [0, 0.05) is 11.6 Å². The van der Waals surface area contributed by atoms with Crippen LogP contribution in [-0.2, 0) is 0 Å². The highest BCUT2D eigenvalue weighted by Crippen LogP contribution is 2.33. The van der Waals surface area contributed by atoms with E-state index in [0.29, 0.717) is 5.92 Å². The lowest BCUT2D eigenvalue weighted by Crippen LogP contribution is -2.26. The summed E-state index contributed by atoms with van der Waals surface area (Å²) < 4.78 is 27.8. The molecule has 1 fully saturated rings. The largest absolute Gasteiger partial charge is 0.310 e. The molecule has 0 spiro atoms. The van der Waals surface area contributed by atoms with Crippen LogP contribution in [0.2, 0.25) is 0 Å². The SMILES string of the molecule is CCNC(CC1CCCCC1)c1c(F)cccc1F. The Hall–Kier alpha value is -0.960. The Labute approximate surface area is 114 Å². The van der Waals surface area contributed by atoms with E-state index >= 15 is 0 Å². The Morgan fingerprint density at radius 1 is 1.16 bits per heavy atom. The zero-order valence-corrected chi connectivity index (χ0v) is 11.6. The van der Waals surface area contributed by atoms with Gasteiger partial charge in [0.05, 0.1) is 0 Å². The lowest BCUT2D eigenvalue weighted by molar-refractivity contribution is 0.295. The first-order valence-electron chi connectivity index (χ1n) is 7.39. The standard InChI is InChI=1S/C16H23F2N/c1-2-19-15(11-12-7-4-3-5-8-12)16-13(17)9-6-10-14(16)18/h6,9-10,12,15,19H,2-5,7-8,11H2,1H3. The second kappa shape index (κ2) is 6.99.